The predicted octanol–water partition coefficient (Wildman–Crippen LogP) is 5.38. The van der Waals surface area contributed by atoms with Crippen LogP contribution in [0.2, 0.25) is 5.02 Å². The van der Waals surface area contributed by atoms with E-state index in [9.17, 15) is 17.6 Å². The summed E-state index contributed by atoms with van der Waals surface area (Å²) < 4.78 is 42.5. The third-order valence-corrected chi connectivity index (χ3v) is 7.37. The van der Waals surface area contributed by atoms with Crippen molar-refractivity contribution in [1.82, 2.24) is 4.31 Å². The number of para-hydroxylation sites is 1. The van der Waals surface area contributed by atoms with Gasteiger partial charge < -0.3 is 5.32 Å². The normalized spacial score (nSPS) is 11.5. The molecule has 0 atom stereocenters. The van der Waals surface area contributed by atoms with E-state index in [-0.39, 0.29) is 15.5 Å². The average Bonchev–Trinajstić information content (AvgIpc) is 2.72. The fourth-order valence-electron chi connectivity index (χ4n) is 2.86. The Hall–Kier alpha value is -2.26. The van der Waals surface area contributed by atoms with E-state index in [1.165, 1.54) is 30.3 Å². The van der Waals surface area contributed by atoms with E-state index in [4.69, 9.17) is 11.6 Å². The van der Waals surface area contributed by atoms with Gasteiger partial charge in [-0.05, 0) is 59.3 Å². The minimum atomic E-state index is -4.11. The van der Waals surface area contributed by atoms with Gasteiger partial charge in [-0.15, -0.1) is 0 Å². The number of rotatable bonds is 7. The van der Waals surface area contributed by atoms with Crippen LogP contribution in [0.4, 0.5) is 10.1 Å². The van der Waals surface area contributed by atoms with E-state index in [2.05, 4.69) is 21.2 Å². The lowest BCUT2D eigenvalue weighted by Crippen LogP contribution is -2.38. The number of nitrogens with zero attached hydrogens (tertiary/aromatic N) is 1. The highest BCUT2D eigenvalue weighted by Gasteiger charge is 2.28. The molecule has 0 heterocycles. The van der Waals surface area contributed by atoms with Gasteiger partial charge in [0.2, 0.25) is 15.9 Å². The maximum atomic E-state index is 14.4. The molecular weight excluding hydrogens is 507 g/mol. The molecule has 0 aliphatic heterocycles. The van der Waals surface area contributed by atoms with Crippen molar-refractivity contribution in [2.24, 2.45) is 0 Å². The molecule has 162 valence electrons. The first-order valence-corrected chi connectivity index (χ1v) is 11.8. The van der Waals surface area contributed by atoms with Crippen LogP contribution in [0.15, 0.2) is 76.1 Å². The second kappa shape index (κ2) is 9.91. The quantitative estimate of drug-likeness (QED) is 0.450. The summed E-state index contributed by atoms with van der Waals surface area (Å²) in [6.45, 7) is 0.908. The number of benzene rings is 3. The molecule has 0 bridgehead atoms. The van der Waals surface area contributed by atoms with Gasteiger partial charge in [-0.1, -0.05) is 47.5 Å². The van der Waals surface area contributed by atoms with Gasteiger partial charge in [0.1, 0.15) is 5.82 Å². The maximum absolute atomic E-state index is 14.4. The number of amides is 1. The molecule has 0 unspecified atom stereocenters. The van der Waals surface area contributed by atoms with Gasteiger partial charge in [-0.25, -0.2) is 12.8 Å². The molecule has 0 aliphatic rings. The van der Waals surface area contributed by atoms with E-state index in [0.29, 0.717) is 10.2 Å². The van der Waals surface area contributed by atoms with E-state index >= 15 is 0 Å². The Morgan fingerprint density at radius 3 is 2.39 bits per heavy atom. The highest BCUT2D eigenvalue weighted by atomic mass is 79.9. The predicted molar refractivity (Wildman–Crippen MR) is 123 cm³/mol. The van der Waals surface area contributed by atoms with Crippen LogP contribution in [-0.4, -0.2) is 25.2 Å². The molecular formula is C22H19BrClFN2O3S. The molecule has 0 radical (unpaired) electrons. The fraction of sp³-hybridized carbons (Fsp3) is 0.136. The maximum Gasteiger partial charge on any atom is 0.243 e. The van der Waals surface area contributed by atoms with E-state index in [1.807, 2.05) is 6.92 Å². The number of hydrogen-bond donors (Lipinski definition) is 1. The van der Waals surface area contributed by atoms with Gasteiger partial charge in [0.15, 0.2) is 0 Å². The highest BCUT2D eigenvalue weighted by molar-refractivity contribution is 9.10. The Balaban J connectivity index is 1.94. The van der Waals surface area contributed by atoms with Crippen LogP contribution in [-0.2, 0) is 21.4 Å². The number of anilines is 1. The molecule has 0 fully saturated rings. The van der Waals surface area contributed by atoms with Crippen molar-refractivity contribution in [3.8, 4) is 0 Å². The molecule has 9 heteroatoms. The zero-order valence-electron chi connectivity index (χ0n) is 16.5. The lowest BCUT2D eigenvalue weighted by molar-refractivity contribution is -0.116. The van der Waals surface area contributed by atoms with Crippen LogP contribution < -0.4 is 5.32 Å². The van der Waals surface area contributed by atoms with Crippen molar-refractivity contribution in [3.63, 3.8) is 0 Å². The number of carbonyl (C=O) groups is 1. The monoisotopic (exact) mass is 524 g/mol. The van der Waals surface area contributed by atoms with Crippen LogP contribution >= 0.6 is 27.5 Å². The third-order valence-electron chi connectivity index (χ3n) is 4.52. The molecule has 0 saturated heterocycles. The minimum Gasteiger partial charge on any atom is -0.324 e. The second-order valence-electron chi connectivity index (χ2n) is 6.81. The molecule has 1 amide bonds. The Morgan fingerprint density at radius 1 is 1.06 bits per heavy atom. The number of sulfonamides is 1. The zero-order chi connectivity index (χ0) is 22.6. The fourth-order valence-corrected chi connectivity index (χ4v) is 4.83. The van der Waals surface area contributed by atoms with Crippen molar-refractivity contribution in [3.05, 3.63) is 93.2 Å². The molecule has 3 aromatic rings. The Labute approximate surface area is 194 Å². The molecule has 3 aromatic carbocycles. The van der Waals surface area contributed by atoms with Crippen LogP contribution in [0.25, 0.3) is 0 Å². The molecule has 3 rings (SSSR count). The molecule has 0 aromatic heterocycles. The number of halogens is 3. The standard InChI is InChI=1S/C22H19BrClFN2O3S/c1-15-9-11-16(12-10-15)31(29,30)27(13-17-19(24)6-4-7-20(17)25)14-22(28)26-21-8-3-2-5-18(21)23/h2-12H,13-14H2,1H3,(H,26,28). The second-order valence-corrected chi connectivity index (χ2v) is 10.0. The first-order valence-electron chi connectivity index (χ1n) is 9.22. The Morgan fingerprint density at radius 2 is 1.74 bits per heavy atom. The SMILES string of the molecule is Cc1ccc(S(=O)(=O)N(CC(=O)Nc2ccccc2Br)Cc2c(F)cccc2Cl)cc1. The van der Waals surface area contributed by atoms with Crippen LogP contribution in [0.1, 0.15) is 11.1 Å². The van der Waals surface area contributed by atoms with Gasteiger partial charge in [0.05, 0.1) is 17.1 Å². The zero-order valence-corrected chi connectivity index (χ0v) is 19.6. The molecule has 0 spiro atoms. The summed E-state index contributed by atoms with van der Waals surface area (Å²) in [7, 11) is -4.11. The van der Waals surface area contributed by atoms with Crippen LogP contribution in [0.3, 0.4) is 0 Å². The largest absolute Gasteiger partial charge is 0.324 e. The summed E-state index contributed by atoms with van der Waals surface area (Å²) in [4.78, 5) is 12.7. The first kappa shape index (κ1) is 23.4. The van der Waals surface area contributed by atoms with Crippen molar-refractivity contribution in [1.29, 1.82) is 0 Å². The summed E-state index contributed by atoms with van der Waals surface area (Å²) in [5.74, 6) is -1.22. The van der Waals surface area contributed by atoms with E-state index in [1.54, 1.807) is 36.4 Å². The molecule has 5 nitrogen and oxygen atoms in total. The highest BCUT2D eigenvalue weighted by Crippen LogP contribution is 2.26. The minimum absolute atomic E-state index is 0.000691. The number of aryl methyl sites for hydroxylation is 1. The van der Waals surface area contributed by atoms with Gasteiger partial charge in [-0.2, -0.15) is 4.31 Å². The van der Waals surface area contributed by atoms with E-state index < -0.39 is 34.8 Å². The summed E-state index contributed by atoms with van der Waals surface area (Å²) >= 11 is 9.44. The molecule has 0 saturated carbocycles. The van der Waals surface area contributed by atoms with Crippen LogP contribution in [0.5, 0.6) is 0 Å². The summed E-state index contributed by atoms with van der Waals surface area (Å²) in [5.41, 5.74) is 1.37. The first-order chi connectivity index (χ1) is 14.7. The third kappa shape index (κ3) is 5.71. The summed E-state index contributed by atoms with van der Waals surface area (Å²) in [5, 5.41) is 2.75. The number of hydrogen-bond acceptors (Lipinski definition) is 3. The lowest BCUT2D eigenvalue weighted by Gasteiger charge is -2.23. The van der Waals surface area contributed by atoms with Gasteiger partial charge in [0, 0.05) is 21.6 Å². The topological polar surface area (TPSA) is 66.5 Å². The number of carbonyl (C=O) groups excluding carboxylic acids is 1. The Bertz CT molecular complexity index is 1180. The van der Waals surface area contributed by atoms with Gasteiger partial charge >= 0.3 is 0 Å². The summed E-state index contributed by atoms with van der Waals surface area (Å²) in [6, 6.07) is 17.2. The smallest absolute Gasteiger partial charge is 0.243 e. The van der Waals surface area contributed by atoms with Crippen molar-refractivity contribution in [2.75, 3.05) is 11.9 Å². The average molecular weight is 526 g/mol. The van der Waals surface area contributed by atoms with Crippen molar-refractivity contribution >= 4 is 49.1 Å². The van der Waals surface area contributed by atoms with Gasteiger partial charge in [-0.3, -0.25) is 4.79 Å². The lowest BCUT2D eigenvalue weighted by atomic mass is 10.2. The number of nitrogens with one attached hydrogen (secondary N) is 1. The Kier molecular flexibility index (Phi) is 7.48. The summed E-state index contributed by atoms with van der Waals surface area (Å²) in [6.07, 6.45) is 0. The van der Waals surface area contributed by atoms with Crippen LogP contribution in [0, 0.1) is 12.7 Å². The molecule has 0 aliphatic carbocycles. The van der Waals surface area contributed by atoms with Crippen molar-refractivity contribution in [2.45, 2.75) is 18.4 Å². The van der Waals surface area contributed by atoms with Gasteiger partial charge in [0.25, 0.3) is 0 Å². The molecule has 1 N–H and O–H groups in total. The molecule has 31 heavy (non-hydrogen) atoms. The van der Waals surface area contributed by atoms with E-state index in [0.717, 1.165) is 9.87 Å². The van der Waals surface area contributed by atoms with Crippen molar-refractivity contribution < 1.29 is 17.6 Å².